The molecule has 0 spiro atoms. The molecule has 1 aromatic carbocycles. The Labute approximate surface area is 107 Å². The fraction of sp³-hybridized carbons (Fsp3) is 0.538. The third kappa shape index (κ3) is 3.63. The third-order valence-electron chi connectivity index (χ3n) is 2.69. The molecule has 0 saturated heterocycles. The van der Waals surface area contributed by atoms with Gasteiger partial charge < -0.3 is 15.6 Å². The smallest absolute Gasteiger partial charge is 0.124 e. The van der Waals surface area contributed by atoms with Crippen LogP contribution in [0.2, 0.25) is 0 Å². The Kier molecular flexibility index (Phi) is 5.31. The first-order chi connectivity index (χ1) is 7.97. The van der Waals surface area contributed by atoms with Gasteiger partial charge in [0.05, 0.1) is 13.2 Å². The number of hydrogen-bond acceptors (Lipinski definition) is 4. The minimum atomic E-state index is -0.355. The van der Waals surface area contributed by atoms with Crippen LogP contribution in [0.3, 0.4) is 0 Å². The molecule has 0 aromatic heterocycles. The van der Waals surface area contributed by atoms with Crippen LogP contribution < -0.4 is 10.5 Å². The van der Waals surface area contributed by atoms with E-state index >= 15 is 0 Å². The van der Waals surface area contributed by atoms with Crippen molar-refractivity contribution in [1.82, 2.24) is 0 Å². The van der Waals surface area contributed by atoms with Gasteiger partial charge in [-0.25, -0.2) is 0 Å². The SMILES string of the molecule is COc1cccc(SC(C)C(C)O)c1[C@H](C)N. The predicted molar refractivity (Wildman–Crippen MR) is 72.6 cm³/mol. The molecule has 1 rings (SSSR count). The van der Waals surface area contributed by atoms with E-state index in [2.05, 4.69) is 0 Å². The largest absolute Gasteiger partial charge is 0.496 e. The number of benzene rings is 1. The monoisotopic (exact) mass is 255 g/mol. The van der Waals surface area contributed by atoms with E-state index in [9.17, 15) is 5.11 Å². The summed E-state index contributed by atoms with van der Waals surface area (Å²) >= 11 is 1.63. The Bertz CT molecular complexity index is 366. The molecule has 17 heavy (non-hydrogen) atoms. The van der Waals surface area contributed by atoms with Gasteiger partial charge in [0.15, 0.2) is 0 Å². The molecule has 0 aliphatic carbocycles. The van der Waals surface area contributed by atoms with E-state index in [1.165, 1.54) is 0 Å². The molecule has 3 N–H and O–H groups in total. The Hall–Kier alpha value is -0.710. The van der Waals surface area contributed by atoms with Crippen molar-refractivity contribution in [2.75, 3.05) is 7.11 Å². The van der Waals surface area contributed by atoms with Crippen molar-refractivity contribution in [2.45, 2.75) is 43.1 Å². The van der Waals surface area contributed by atoms with Gasteiger partial charge in [-0.2, -0.15) is 0 Å². The van der Waals surface area contributed by atoms with Crippen LogP contribution in [0.4, 0.5) is 0 Å². The van der Waals surface area contributed by atoms with Crippen molar-refractivity contribution in [3.63, 3.8) is 0 Å². The second kappa shape index (κ2) is 6.28. The molecule has 3 atom stereocenters. The highest BCUT2D eigenvalue weighted by atomic mass is 32.2. The quantitative estimate of drug-likeness (QED) is 0.794. The molecule has 2 unspecified atom stereocenters. The van der Waals surface area contributed by atoms with E-state index in [4.69, 9.17) is 10.5 Å². The first-order valence-electron chi connectivity index (χ1n) is 5.74. The molecule has 1 aromatic rings. The van der Waals surface area contributed by atoms with Gasteiger partial charge in [-0.15, -0.1) is 11.8 Å². The first-order valence-corrected chi connectivity index (χ1v) is 6.62. The molecule has 4 heteroatoms. The van der Waals surface area contributed by atoms with Gasteiger partial charge in [0.1, 0.15) is 5.75 Å². The Balaban J connectivity index is 3.06. The Morgan fingerprint density at radius 1 is 1.29 bits per heavy atom. The Morgan fingerprint density at radius 3 is 2.41 bits per heavy atom. The molecule has 0 heterocycles. The maximum absolute atomic E-state index is 9.55. The van der Waals surface area contributed by atoms with Crippen LogP contribution in [0.1, 0.15) is 32.4 Å². The second-order valence-corrected chi connectivity index (χ2v) is 5.64. The molecule has 3 nitrogen and oxygen atoms in total. The number of ether oxygens (including phenoxy) is 1. The van der Waals surface area contributed by atoms with E-state index in [0.717, 1.165) is 16.2 Å². The van der Waals surface area contributed by atoms with Gasteiger partial charge in [-0.3, -0.25) is 0 Å². The molecule has 0 aliphatic rings. The van der Waals surface area contributed by atoms with Gasteiger partial charge in [-0.1, -0.05) is 13.0 Å². The predicted octanol–water partition coefficient (Wildman–Crippen LogP) is 2.58. The van der Waals surface area contributed by atoms with E-state index in [1.54, 1.807) is 25.8 Å². The van der Waals surface area contributed by atoms with Crippen molar-refractivity contribution in [3.05, 3.63) is 23.8 Å². The van der Waals surface area contributed by atoms with E-state index in [1.807, 2.05) is 32.0 Å². The molecule has 0 aliphatic heterocycles. The summed E-state index contributed by atoms with van der Waals surface area (Å²) in [5.74, 6) is 0.808. The molecule has 96 valence electrons. The summed E-state index contributed by atoms with van der Waals surface area (Å²) in [6, 6.07) is 5.79. The summed E-state index contributed by atoms with van der Waals surface area (Å²) in [5.41, 5.74) is 6.99. The van der Waals surface area contributed by atoms with Crippen molar-refractivity contribution < 1.29 is 9.84 Å². The zero-order valence-corrected chi connectivity index (χ0v) is 11.6. The van der Waals surface area contributed by atoms with Crippen LogP contribution in [-0.2, 0) is 0 Å². The maximum atomic E-state index is 9.55. The van der Waals surface area contributed by atoms with Crippen molar-refractivity contribution in [3.8, 4) is 5.75 Å². The van der Waals surface area contributed by atoms with Gasteiger partial charge in [-0.05, 0) is 26.0 Å². The molecule has 0 bridgehead atoms. The fourth-order valence-electron chi connectivity index (χ4n) is 1.55. The van der Waals surface area contributed by atoms with E-state index in [-0.39, 0.29) is 17.4 Å². The highest BCUT2D eigenvalue weighted by Crippen LogP contribution is 2.36. The Morgan fingerprint density at radius 2 is 1.94 bits per heavy atom. The van der Waals surface area contributed by atoms with Gasteiger partial charge in [0, 0.05) is 21.8 Å². The van der Waals surface area contributed by atoms with Crippen molar-refractivity contribution in [2.24, 2.45) is 5.73 Å². The summed E-state index contributed by atoms with van der Waals surface area (Å²) in [7, 11) is 1.65. The summed E-state index contributed by atoms with van der Waals surface area (Å²) < 4.78 is 5.33. The number of rotatable bonds is 5. The zero-order valence-electron chi connectivity index (χ0n) is 10.8. The number of thioether (sulfide) groups is 1. The number of nitrogens with two attached hydrogens (primary N) is 1. The van der Waals surface area contributed by atoms with Crippen LogP contribution in [0.5, 0.6) is 5.75 Å². The van der Waals surface area contributed by atoms with Crippen LogP contribution in [-0.4, -0.2) is 23.6 Å². The molecule has 0 fully saturated rings. The number of hydrogen-bond donors (Lipinski definition) is 2. The highest BCUT2D eigenvalue weighted by molar-refractivity contribution is 8.00. The van der Waals surface area contributed by atoms with Crippen LogP contribution in [0.25, 0.3) is 0 Å². The first kappa shape index (κ1) is 14.4. The molecule has 0 radical (unpaired) electrons. The third-order valence-corrected chi connectivity index (χ3v) is 4.07. The molecular formula is C13H21NO2S. The number of methoxy groups -OCH3 is 1. The number of aliphatic hydroxyl groups is 1. The summed E-state index contributed by atoms with van der Waals surface area (Å²) in [6.45, 7) is 5.73. The minimum absolute atomic E-state index is 0.0881. The lowest BCUT2D eigenvalue weighted by atomic mass is 10.1. The topological polar surface area (TPSA) is 55.5 Å². The summed E-state index contributed by atoms with van der Waals surface area (Å²) in [5, 5.41) is 9.68. The molecule has 0 saturated carbocycles. The molecule has 0 amide bonds. The molecular weight excluding hydrogens is 234 g/mol. The van der Waals surface area contributed by atoms with Crippen LogP contribution in [0.15, 0.2) is 23.1 Å². The van der Waals surface area contributed by atoms with Crippen molar-refractivity contribution >= 4 is 11.8 Å². The lowest BCUT2D eigenvalue weighted by Gasteiger charge is -2.20. The maximum Gasteiger partial charge on any atom is 0.124 e. The van der Waals surface area contributed by atoms with E-state index in [0.29, 0.717) is 0 Å². The number of aliphatic hydroxyl groups excluding tert-OH is 1. The normalized spacial score (nSPS) is 16.4. The summed E-state index contributed by atoms with van der Waals surface area (Å²) in [4.78, 5) is 1.08. The van der Waals surface area contributed by atoms with Gasteiger partial charge >= 0.3 is 0 Å². The lowest BCUT2D eigenvalue weighted by molar-refractivity contribution is 0.196. The average Bonchev–Trinajstić information content (AvgIpc) is 2.27. The minimum Gasteiger partial charge on any atom is -0.496 e. The highest BCUT2D eigenvalue weighted by Gasteiger charge is 2.17. The van der Waals surface area contributed by atoms with Crippen LogP contribution >= 0.6 is 11.8 Å². The van der Waals surface area contributed by atoms with Gasteiger partial charge in [0.25, 0.3) is 0 Å². The zero-order chi connectivity index (χ0) is 13.0. The van der Waals surface area contributed by atoms with Crippen molar-refractivity contribution in [1.29, 1.82) is 0 Å². The average molecular weight is 255 g/mol. The second-order valence-electron chi connectivity index (χ2n) is 4.22. The van der Waals surface area contributed by atoms with Crippen LogP contribution in [0, 0.1) is 0 Å². The lowest BCUT2D eigenvalue weighted by Crippen LogP contribution is -2.16. The standard InChI is InChI=1S/C13H21NO2S/c1-8(14)13-11(16-4)6-5-7-12(13)17-10(3)9(2)15/h5-10,15H,14H2,1-4H3/t8-,9?,10?/m0/s1. The fourth-order valence-corrected chi connectivity index (χ4v) is 2.72. The van der Waals surface area contributed by atoms with E-state index < -0.39 is 0 Å². The summed E-state index contributed by atoms with van der Waals surface area (Å²) in [6.07, 6.45) is -0.355. The van der Waals surface area contributed by atoms with Gasteiger partial charge in [0.2, 0.25) is 0 Å².